The highest BCUT2D eigenvalue weighted by molar-refractivity contribution is 6.32. The summed E-state index contributed by atoms with van der Waals surface area (Å²) in [6.07, 6.45) is 6.94. The summed E-state index contributed by atoms with van der Waals surface area (Å²) in [4.78, 5) is 19.6. The standard InChI is InChI=1S/C21H23ClN4O2/c1-25-11-8-15-19(25)16(21(27)26-9-4-3-5-10-26)13-23-20(15)24-14-6-7-18(28-2)17(22)12-14/h6-8,11-13H,3-5,9-10H2,1-2H3,(H,23,24). The molecule has 146 valence electrons. The van der Waals surface area contributed by atoms with Crippen LogP contribution in [0.3, 0.4) is 0 Å². The third-order valence-corrected chi connectivity index (χ3v) is 5.49. The van der Waals surface area contributed by atoms with Gasteiger partial charge < -0.3 is 19.5 Å². The normalized spacial score (nSPS) is 14.3. The highest BCUT2D eigenvalue weighted by atomic mass is 35.5. The number of methoxy groups -OCH3 is 1. The average molecular weight is 399 g/mol. The number of fused-ring (bicyclic) bond motifs is 1. The fourth-order valence-electron chi connectivity index (χ4n) is 3.72. The van der Waals surface area contributed by atoms with E-state index >= 15 is 0 Å². The molecule has 2 aromatic heterocycles. The second-order valence-corrected chi connectivity index (χ2v) is 7.44. The van der Waals surface area contributed by atoms with Crippen molar-refractivity contribution >= 4 is 39.9 Å². The summed E-state index contributed by atoms with van der Waals surface area (Å²) in [5, 5.41) is 4.73. The average Bonchev–Trinajstić information content (AvgIpc) is 3.11. The number of anilines is 2. The van der Waals surface area contributed by atoms with Gasteiger partial charge >= 0.3 is 0 Å². The van der Waals surface area contributed by atoms with Crippen molar-refractivity contribution in [2.45, 2.75) is 19.3 Å². The number of pyridine rings is 1. The number of aryl methyl sites for hydroxylation is 1. The highest BCUT2D eigenvalue weighted by Crippen LogP contribution is 2.32. The van der Waals surface area contributed by atoms with Gasteiger partial charge in [-0.2, -0.15) is 0 Å². The lowest BCUT2D eigenvalue weighted by molar-refractivity contribution is 0.0725. The van der Waals surface area contributed by atoms with Crippen molar-refractivity contribution in [1.82, 2.24) is 14.5 Å². The van der Waals surface area contributed by atoms with Crippen LogP contribution in [0.4, 0.5) is 11.5 Å². The van der Waals surface area contributed by atoms with E-state index in [0.29, 0.717) is 22.2 Å². The fourth-order valence-corrected chi connectivity index (χ4v) is 3.98. The molecule has 3 aromatic rings. The largest absolute Gasteiger partial charge is 0.495 e. The van der Waals surface area contributed by atoms with Crippen LogP contribution in [-0.2, 0) is 7.05 Å². The third-order valence-electron chi connectivity index (χ3n) is 5.19. The summed E-state index contributed by atoms with van der Waals surface area (Å²) < 4.78 is 7.18. The Morgan fingerprint density at radius 1 is 1.21 bits per heavy atom. The molecule has 1 fully saturated rings. The van der Waals surface area contributed by atoms with E-state index in [1.54, 1.807) is 25.4 Å². The summed E-state index contributed by atoms with van der Waals surface area (Å²) in [6, 6.07) is 7.46. The minimum absolute atomic E-state index is 0.0537. The Bertz CT molecular complexity index is 1020. The van der Waals surface area contributed by atoms with E-state index in [1.165, 1.54) is 6.42 Å². The van der Waals surface area contributed by atoms with E-state index in [-0.39, 0.29) is 5.91 Å². The van der Waals surface area contributed by atoms with Crippen molar-refractivity contribution in [3.05, 3.63) is 47.2 Å². The Labute approximate surface area is 169 Å². The molecule has 1 aromatic carbocycles. The van der Waals surface area contributed by atoms with E-state index < -0.39 is 0 Å². The van der Waals surface area contributed by atoms with Gasteiger partial charge in [-0.15, -0.1) is 0 Å². The van der Waals surface area contributed by atoms with Crippen LogP contribution in [0.15, 0.2) is 36.7 Å². The van der Waals surface area contributed by atoms with Crippen molar-refractivity contribution < 1.29 is 9.53 Å². The van der Waals surface area contributed by atoms with Crippen molar-refractivity contribution in [1.29, 1.82) is 0 Å². The molecule has 0 bridgehead atoms. The molecule has 1 N–H and O–H groups in total. The summed E-state index contributed by atoms with van der Waals surface area (Å²) in [5.74, 6) is 1.36. The number of rotatable bonds is 4. The topological polar surface area (TPSA) is 59.4 Å². The lowest BCUT2D eigenvalue weighted by Gasteiger charge is -2.27. The number of benzene rings is 1. The maximum atomic E-state index is 13.1. The first-order valence-electron chi connectivity index (χ1n) is 9.42. The van der Waals surface area contributed by atoms with Crippen LogP contribution in [0.25, 0.3) is 10.9 Å². The molecule has 1 aliphatic rings. The quantitative estimate of drug-likeness (QED) is 0.697. The molecule has 0 saturated carbocycles. The lowest BCUT2D eigenvalue weighted by atomic mass is 10.1. The number of ether oxygens (including phenoxy) is 1. The first-order valence-corrected chi connectivity index (χ1v) is 9.80. The molecule has 0 radical (unpaired) electrons. The predicted octanol–water partition coefficient (Wildman–Crippen LogP) is 4.61. The van der Waals surface area contributed by atoms with E-state index in [0.717, 1.165) is 42.5 Å². The molecule has 7 heteroatoms. The molecule has 0 aliphatic carbocycles. The molecule has 3 heterocycles. The molecule has 6 nitrogen and oxygen atoms in total. The zero-order chi connectivity index (χ0) is 19.7. The Kier molecular flexibility index (Phi) is 5.13. The van der Waals surface area contributed by atoms with Gasteiger partial charge in [-0.1, -0.05) is 11.6 Å². The second kappa shape index (κ2) is 7.72. The summed E-state index contributed by atoms with van der Waals surface area (Å²) in [6.45, 7) is 1.63. The summed E-state index contributed by atoms with van der Waals surface area (Å²) in [5.41, 5.74) is 2.33. The van der Waals surface area contributed by atoms with Gasteiger partial charge in [0.1, 0.15) is 11.6 Å². The van der Waals surface area contributed by atoms with Gasteiger partial charge in [0, 0.05) is 43.6 Å². The fraction of sp³-hybridized carbons (Fsp3) is 0.333. The van der Waals surface area contributed by atoms with Gasteiger partial charge in [-0.25, -0.2) is 4.98 Å². The predicted molar refractivity (Wildman–Crippen MR) is 112 cm³/mol. The van der Waals surface area contributed by atoms with Crippen LogP contribution in [0.1, 0.15) is 29.6 Å². The Morgan fingerprint density at radius 2 is 2.00 bits per heavy atom. The summed E-state index contributed by atoms with van der Waals surface area (Å²) >= 11 is 6.23. The lowest BCUT2D eigenvalue weighted by Crippen LogP contribution is -2.35. The summed E-state index contributed by atoms with van der Waals surface area (Å²) in [7, 11) is 3.53. The highest BCUT2D eigenvalue weighted by Gasteiger charge is 2.23. The van der Waals surface area contributed by atoms with Crippen molar-refractivity contribution in [2.24, 2.45) is 7.05 Å². The molecule has 28 heavy (non-hydrogen) atoms. The molecular weight excluding hydrogens is 376 g/mol. The van der Waals surface area contributed by atoms with E-state index in [9.17, 15) is 4.79 Å². The number of nitrogens with zero attached hydrogens (tertiary/aromatic N) is 3. The molecule has 0 spiro atoms. The van der Waals surface area contributed by atoms with Crippen LogP contribution < -0.4 is 10.1 Å². The van der Waals surface area contributed by atoms with E-state index in [4.69, 9.17) is 16.3 Å². The zero-order valence-electron chi connectivity index (χ0n) is 16.0. The van der Waals surface area contributed by atoms with E-state index in [2.05, 4.69) is 10.3 Å². The number of amides is 1. The minimum Gasteiger partial charge on any atom is -0.495 e. The number of likely N-dealkylation sites (tertiary alicyclic amines) is 1. The maximum absolute atomic E-state index is 13.1. The number of aromatic nitrogens is 2. The number of carbonyl (C=O) groups excluding carboxylic acids is 1. The first-order chi connectivity index (χ1) is 13.6. The third kappa shape index (κ3) is 3.40. The van der Waals surface area contributed by atoms with Crippen LogP contribution in [-0.4, -0.2) is 40.6 Å². The maximum Gasteiger partial charge on any atom is 0.257 e. The Balaban J connectivity index is 1.70. The van der Waals surface area contributed by atoms with Gasteiger partial charge in [0.2, 0.25) is 0 Å². The Morgan fingerprint density at radius 3 is 2.71 bits per heavy atom. The molecule has 1 aliphatic heterocycles. The number of hydrogen-bond donors (Lipinski definition) is 1. The number of carbonyl (C=O) groups is 1. The van der Waals surface area contributed by atoms with Crippen molar-refractivity contribution in [2.75, 3.05) is 25.5 Å². The number of hydrogen-bond acceptors (Lipinski definition) is 4. The molecule has 0 unspecified atom stereocenters. The number of halogens is 1. The van der Waals surface area contributed by atoms with Gasteiger partial charge in [-0.3, -0.25) is 4.79 Å². The number of piperidine rings is 1. The van der Waals surface area contributed by atoms with Gasteiger partial charge in [0.05, 0.1) is 23.2 Å². The monoisotopic (exact) mass is 398 g/mol. The molecular formula is C21H23ClN4O2. The molecule has 1 saturated heterocycles. The van der Waals surface area contributed by atoms with Crippen LogP contribution in [0, 0.1) is 0 Å². The zero-order valence-corrected chi connectivity index (χ0v) is 16.8. The van der Waals surface area contributed by atoms with E-state index in [1.807, 2.05) is 34.8 Å². The molecule has 1 amide bonds. The van der Waals surface area contributed by atoms with Crippen LogP contribution in [0.5, 0.6) is 5.75 Å². The second-order valence-electron chi connectivity index (χ2n) is 7.04. The van der Waals surface area contributed by atoms with Crippen LogP contribution >= 0.6 is 11.6 Å². The van der Waals surface area contributed by atoms with Crippen LogP contribution in [0.2, 0.25) is 5.02 Å². The minimum atomic E-state index is 0.0537. The van der Waals surface area contributed by atoms with Crippen molar-refractivity contribution in [3.8, 4) is 5.75 Å². The first kappa shape index (κ1) is 18.6. The van der Waals surface area contributed by atoms with Gasteiger partial charge in [0.25, 0.3) is 5.91 Å². The Hall–Kier alpha value is -2.73. The molecule has 0 atom stereocenters. The van der Waals surface area contributed by atoms with Gasteiger partial charge in [0.15, 0.2) is 0 Å². The smallest absolute Gasteiger partial charge is 0.257 e. The SMILES string of the molecule is COc1ccc(Nc2ncc(C(=O)N3CCCCC3)c3c2ccn3C)cc1Cl. The van der Waals surface area contributed by atoms with Gasteiger partial charge in [-0.05, 0) is 43.5 Å². The molecule has 4 rings (SSSR count). The van der Waals surface area contributed by atoms with Crippen molar-refractivity contribution in [3.63, 3.8) is 0 Å². The number of nitrogens with one attached hydrogen (secondary N) is 1.